The number of anilines is 4. The van der Waals surface area contributed by atoms with E-state index in [2.05, 4.69) is 53.9 Å². The topological polar surface area (TPSA) is 108 Å². The van der Waals surface area contributed by atoms with Crippen LogP contribution in [0.15, 0.2) is 71.8 Å². The first-order valence-electron chi connectivity index (χ1n) is 10.7. The van der Waals surface area contributed by atoms with Gasteiger partial charge >= 0.3 is 0 Å². The van der Waals surface area contributed by atoms with Gasteiger partial charge in [0, 0.05) is 29.7 Å². The lowest BCUT2D eigenvalue weighted by molar-refractivity contribution is 0.122. The summed E-state index contributed by atoms with van der Waals surface area (Å²) in [6.07, 6.45) is 1.52. The SMILES string of the molecule is Oc1ccccc1C=NNc1nc(Nc2cccc3ccccc23)nc(N2CCOCC2)n1. The summed E-state index contributed by atoms with van der Waals surface area (Å²) >= 11 is 0. The highest BCUT2D eigenvalue weighted by atomic mass is 16.5. The summed E-state index contributed by atoms with van der Waals surface area (Å²) in [5.41, 5.74) is 4.35. The zero-order valence-electron chi connectivity index (χ0n) is 17.8. The van der Waals surface area contributed by atoms with Crippen molar-refractivity contribution >= 4 is 40.5 Å². The summed E-state index contributed by atoms with van der Waals surface area (Å²) in [6.45, 7) is 2.62. The molecular weight excluding hydrogens is 418 g/mol. The second-order valence-corrected chi connectivity index (χ2v) is 7.46. The van der Waals surface area contributed by atoms with Crippen LogP contribution in [0, 0.1) is 0 Å². The number of ether oxygens (including phenoxy) is 1. The fourth-order valence-electron chi connectivity index (χ4n) is 3.59. The van der Waals surface area contributed by atoms with Gasteiger partial charge < -0.3 is 20.1 Å². The van der Waals surface area contributed by atoms with Gasteiger partial charge in [-0.3, -0.25) is 0 Å². The third kappa shape index (κ3) is 4.83. The quantitative estimate of drug-likeness (QED) is 0.307. The highest BCUT2D eigenvalue weighted by Crippen LogP contribution is 2.26. The Hall–Kier alpha value is -4.24. The summed E-state index contributed by atoms with van der Waals surface area (Å²) in [7, 11) is 0. The average Bonchev–Trinajstić information content (AvgIpc) is 2.86. The number of morpholine rings is 1. The molecule has 9 heteroatoms. The Morgan fingerprint density at radius 1 is 0.879 bits per heavy atom. The van der Waals surface area contributed by atoms with Crippen molar-refractivity contribution in [2.75, 3.05) is 41.9 Å². The maximum atomic E-state index is 9.93. The number of hydrazone groups is 1. The molecule has 1 saturated heterocycles. The van der Waals surface area contributed by atoms with Gasteiger partial charge in [0.2, 0.25) is 17.8 Å². The van der Waals surface area contributed by atoms with E-state index in [4.69, 9.17) is 4.74 Å². The molecule has 1 aliphatic heterocycles. The molecule has 0 aliphatic carbocycles. The van der Waals surface area contributed by atoms with Crippen LogP contribution in [-0.2, 0) is 4.74 Å². The zero-order chi connectivity index (χ0) is 22.5. The molecule has 3 N–H and O–H groups in total. The number of rotatable bonds is 6. The first-order valence-corrected chi connectivity index (χ1v) is 10.7. The second-order valence-electron chi connectivity index (χ2n) is 7.46. The Bertz CT molecular complexity index is 1280. The number of hydrogen-bond acceptors (Lipinski definition) is 9. The normalized spacial score (nSPS) is 14.0. The van der Waals surface area contributed by atoms with Gasteiger partial charge in [0.15, 0.2) is 0 Å². The smallest absolute Gasteiger partial charge is 0.250 e. The maximum absolute atomic E-state index is 9.93. The van der Waals surface area contributed by atoms with Crippen molar-refractivity contribution in [2.45, 2.75) is 0 Å². The average molecular weight is 441 g/mol. The Morgan fingerprint density at radius 2 is 1.64 bits per heavy atom. The minimum Gasteiger partial charge on any atom is -0.507 e. The molecule has 166 valence electrons. The molecule has 1 aromatic heterocycles. The monoisotopic (exact) mass is 441 g/mol. The lowest BCUT2D eigenvalue weighted by Gasteiger charge is -2.27. The molecule has 0 atom stereocenters. The second kappa shape index (κ2) is 9.49. The van der Waals surface area contributed by atoms with Crippen LogP contribution in [0.5, 0.6) is 5.75 Å². The van der Waals surface area contributed by atoms with Crippen LogP contribution >= 0.6 is 0 Å². The summed E-state index contributed by atoms with van der Waals surface area (Å²) < 4.78 is 5.46. The third-order valence-corrected chi connectivity index (χ3v) is 5.26. The molecule has 0 spiro atoms. The van der Waals surface area contributed by atoms with Crippen molar-refractivity contribution in [1.82, 2.24) is 15.0 Å². The van der Waals surface area contributed by atoms with E-state index in [1.165, 1.54) is 6.21 Å². The number of hydrogen-bond donors (Lipinski definition) is 3. The maximum Gasteiger partial charge on any atom is 0.250 e. The predicted molar refractivity (Wildman–Crippen MR) is 129 cm³/mol. The number of fused-ring (bicyclic) bond motifs is 1. The summed E-state index contributed by atoms with van der Waals surface area (Å²) in [4.78, 5) is 15.7. The van der Waals surface area contributed by atoms with Crippen molar-refractivity contribution in [3.63, 3.8) is 0 Å². The molecule has 5 rings (SSSR count). The lowest BCUT2D eigenvalue weighted by Crippen LogP contribution is -2.37. The third-order valence-electron chi connectivity index (χ3n) is 5.26. The highest BCUT2D eigenvalue weighted by Gasteiger charge is 2.17. The molecule has 1 fully saturated rings. The van der Waals surface area contributed by atoms with E-state index in [9.17, 15) is 5.11 Å². The molecule has 0 radical (unpaired) electrons. The first-order chi connectivity index (χ1) is 16.3. The van der Waals surface area contributed by atoms with Crippen molar-refractivity contribution in [3.8, 4) is 5.75 Å². The summed E-state index contributed by atoms with van der Waals surface area (Å²) in [5.74, 6) is 1.38. The molecule has 0 unspecified atom stereocenters. The summed E-state index contributed by atoms with van der Waals surface area (Å²) in [5, 5.41) is 19.6. The Morgan fingerprint density at radius 3 is 2.52 bits per heavy atom. The zero-order valence-corrected chi connectivity index (χ0v) is 17.8. The van der Waals surface area contributed by atoms with E-state index in [0.29, 0.717) is 49.7 Å². The van der Waals surface area contributed by atoms with Gasteiger partial charge in [0.05, 0.1) is 19.4 Å². The van der Waals surface area contributed by atoms with E-state index < -0.39 is 0 Å². The molecular formula is C24H23N7O2. The standard InChI is InChI=1S/C24H23N7O2/c32-21-11-4-2-7-18(21)16-25-30-23-27-22(28-24(29-23)31-12-14-33-15-13-31)26-20-10-5-8-17-6-1-3-9-19(17)20/h1-11,16,32H,12-15H2,(H2,26,27,28,29,30). The van der Waals surface area contributed by atoms with E-state index >= 15 is 0 Å². The molecule has 4 aromatic rings. The van der Waals surface area contributed by atoms with Gasteiger partial charge in [-0.25, -0.2) is 5.43 Å². The fourth-order valence-corrected chi connectivity index (χ4v) is 3.59. The van der Waals surface area contributed by atoms with Crippen molar-refractivity contribution in [1.29, 1.82) is 0 Å². The number of phenolic OH excluding ortho intramolecular Hbond substituents is 1. The van der Waals surface area contributed by atoms with Gasteiger partial charge in [-0.2, -0.15) is 20.1 Å². The number of aromatic nitrogens is 3. The molecule has 1 aliphatic rings. The Balaban J connectivity index is 1.45. The number of aromatic hydroxyl groups is 1. The number of nitrogens with zero attached hydrogens (tertiary/aromatic N) is 5. The summed E-state index contributed by atoms with van der Waals surface area (Å²) in [6, 6.07) is 21.1. The van der Waals surface area contributed by atoms with Gasteiger partial charge in [-0.05, 0) is 23.6 Å². The fraction of sp³-hybridized carbons (Fsp3) is 0.167. The molecule has 3 aromatic carbocycles. The van der Waals surface area contributed by atoms with E-state index in [1.54, 1.807) is 18.2 Å². The van der Waals surface area contributed by atoms with Gasteiger partial charge in [0.25, 0.3) is 0 Å². The predicted octanol–water partition coefficient (Wildman–Crippen LogP) is 3.76. The van der Waals surface area contributed by atoms with Crippen LogP contribution in [0.25, 0.3) is 10.8 Å². The minimum absolute atomic E-state index is 0.144. The molecule has 9 nitrogen and oxygen atoms in total. The molecule has 0 saturated carbocycles. The van der Waals surface area contributed by atoms with Crippen LogP contribution in [0.2, 0.25) is 0 Å². The van der Waals surface area contributed by atoms with Crippen LogP contribution < -0.4 is 15.6 Å². The first kappa shape index (κ1) is 20.7. The van der Waals surface area contributed by atoms with E-state index in [1.807, 2.05) is 30.3 Å². The molecule has 0 bridgehead atoms. The molecule has 0 amide bonds. The Kier molecular flexibility index (Phi) is 5.94. The lowest BCUT2D eigenvalue weighted by atomic mass is 10.1. The van der Waals surface area contributed by atoms with Gasteiger partial charge in [-0.1, -0.05) is 48.5 Å². The minimum atomic E-state index is 0.144. The van der Waals surface area contributed by atoms with Crippen LogP contribution in [0.4, 0.5) is 23.5 Å². The van der Waals surface area contributed by atoms with E-state index in [-0.39, 0.29) is 5.75 Å². The van der Waals surface area contributed by atoms with Crippen LogP contribution in [0.1, 0.15) is 5.56 Å². The highest BCUT2D eigenvalue weighted by molar-refractivity contribution is 5.95. The van der Waals surface area contributed by atoms with Crippen molar-refractivity contribution in [2.24, 2.45) is 5.10 Å². The number of para-hydroxylation sites is 1. The van der Waals surface area contributed by atoms with Crippen LogP contribution in [-0.4, -0.2) is 52.6 Å². The van der Waals surface area contributed by atoms with E-state index in [0.717, 1.165) is 16.5 Å². The molecule has 2 heterocycles. The number of benzene rings is 3. The van der Waals surface area contributed by atoms with Crippen molar-refractivity contribution in [3.05, 3.63) is 72.3 Å². The van der Waals surface area contributed by atoms with Gasteiger partial charge in [0.1, 0.15) is 5.75 Å². The Labute approximate surface area is 190 Å². The number of phenols is 1. The van der Waals surface area contributed by atoms with Crippen molar-refractivity contribution < 1.29 is 9.84 Å². The van der Waals surface area contributed by atoms with Gasteiger partial charge in [-0.15, -0.1) is 0 Å². The van der Waals surface area contributed by atoms with Crippen LogP contribution in [0.3, 0.4) is 0 Å². The number of nitrogens with one attached hydrogen (secondary N) is 2. The largest absolute Gasteiger partial charge is 0.507 e. The molecule has 33 heavy (non-hydrogen) atoms.